The van der Waals surface area contributed by atoms with Gasteiger partial charge in [-0.05, 0) is 37.3 Å². The van der Waals surface area contributed by atoms with E-state index in [1.54, 1.807) is 23.1 Å². The van der Waals surface area contributed by atoms with Crippen LogP contribution in [-0.4, -0.2) is 26.8 Å². The second-order valence-corrected chi connectivity index (χ2v) is 8.54. The third-order valence-electron chi connectivity index (χ3n) is 4.91. The van der Waals surface area contributed by atoms with Gasteiger partial charge < -0.3 is 10.1 Å². The van der Waals surface area contributed by atoms with Gasteiger partial charge in [0.15, 0.2) is 5.16 Å². The lowest BCUT2D eigenvalue weighted by Crippen LogP contribution is -2.33. The summed E-state index contributed by atoms with van der Waals surface area (Å²) in [6, 6.07) is 5.95. The maximum Gasteiger partial charge on any atom is 0.190 e. The highest BCUT2D eigenvalue weighted by Crippen LogP contribution is 2.42. The van der Waals surface area contributed by atoms with E-state index >= 15 is 0 Å². The molecular weight excluding hydrogens is 364 g/mol. The second kappa shape index (κ2) is 7.13. The number of rotatable bonds is 5. The Bertz CT molecular complexity index is 928. The lowest BCUT2D eigenvalue weighted by Gasteiger charge is -2.33. The van der Waals surface area contributed by atoms with Gasteiger partial charge in [0.2, 0.25) is 0 Å². The molecule has 7 heteroatoms. The Labute approximate surface area is 161 Å². The van der Waals surface area contributed by atoms with Crippen LogP contribution in [0.5, 0.6) is 0 Å². The van der Waals surface area contributed by atoms with Crippen LogP contribution < -0.4 is 5.32 Å². The summed E-state index contributed by atoms with van der Waals surface area (Å²) in [5, 5.41) is 5.44. The average Bonchev–Trinajstić information content (AvgIpc) is 3.04. The number of fused-ring (bicyclic) bond motifs is 3. The molecule has 3 aromatic heterocycles. The van der Waals surface area contributed by atoms with Crippen LogP contribution in [0.2, 0.25) is 0 Å². The normalized spacial score (nSPS) is 19.5. The Morgan fingerprint density at radius 1 is 1.35 bits per heavy atom. The van der Waals surface area contributed by atoms with Gasteiger partial charge in [-0.3, -0.25) is 4.98 Å². The molecule has 26 heavy (non-hydrogen) atoms. The standard InChI is InChI=1S/C19H22N4OS2/c1-4-19(2)9-13-14(11-24-19)26-17-15(13)16(22-18(23-17)25-3)21-10-12-7-5-6-8-20-12/h5-8H,4,9-11H2,1-3H3,(H,21,22,23). The van der Waals surface area contributed by atoms with Crippen molar-refractivity contribution in [1.29, 1.82) is 0 Å². The molecular formula is C19H22N4OS2. The van der Waals surface area contributed by atoms with Crippen molar-refractivity contribution in [3.63, 3.8) is 0 Å². The molecule has 0 bridgehead atoms. The molecule has 5 nitrogen and oxygen atoms in total. The Kier molecular flexibility index (Phi) is 4.86. The second-order valence-electron chi connectivity index (χ2n) is 6.69. The highest BCUT2D eigenvalue weighted by molar-refractivity contribution is 7.98. The molecule has 0 saturated carbocycles. The Morgan fingerprint density at radius 2 is 2.23 bits per heavy atom. The van der Waals surface area contributed by atoms with E-state index in [1.807, 2.05) is 30.7 Å². The maximum atomic E-state index is 6.12. The zero-order valence-electron chi connectivity index (χ0n) is 15.2. The van der Waals surface area contributed by atoms with Crippen LogP contribution in [0.4, 0.5) is 5.82 Å². The molecule has 0 aliphatic carbocycles. The predicted octanol–water partition coefficient (Wildman–Crippen LogP) is 4.66. The summed E-state index contributed by atoms with van der Waals surface area (Å²) in [6.45, 7) is 5.68. The summed E-state index contributed by atoms with van der Waals surface area (Å²) < 4.78 is 6.12. The number of pyridine rings is 1. The van der Waals surface area contributed by atoms with Crippen molar-refractivity contribution < 1.29 is 4.74 Å². The molecule has 4 rings (SSSR count). The number of thiophene rings is 1. The fraction of sp³-hybridized carbons (Fsp3) is 0.421. The van der Waals surface area contributed by atoms with Crippen molar-refractivity contribution in [3.8, 4) is 0 Å². The van der Waals surface area contributed by atoms with Gasteiger partial charge in [0.1, 0.15) is 10.6 Å². The largest absolute Gasteiger partial charge is 0.369 e. The molecule has 1 unspecified atom stereocenters. The molecule has 1 aliphatic rings. The number of hydrogen-bond acceptors (Lipinski definition) is 7. The van der Waals surface area contributed by atoms with Gasteiger partial charge >= 0.3 is 0 Å². The van der Waals surface area contributed by atoms with E-state index in [0.717, 1.165) is 39.7 Å². The molecule has 0 aromatic carbocycles. The summed E-state index contributed by atoms with van der Waals surface area (Å²) in [7, 11) is 0. The van der Waals surface area contributed by atoms with Crippen LogP contribution in [0.1, 0.15) is 36.4 Å². The first-order chi connectivity index (χ1) is 12.6. The van der Waals surface area contributed by atoms with Gasteiger partial charge in [0.05, 0.1) is 29.8 Å². The number of ether oxygens (including phenoxy) is 1. The molecule has 3 aromatic rings. The molecule has 1 aliphatic heterocycles. The number of nitrogens with zero attached hydrogens (tertiary/aromatic N) is 3. The molecule has 1 N–H and O–H groups in total. The van der Waals surface area contributed by atoms with E-state index in [2.05, 4.69) is 24.1 Å². The Morgan fingerprint density at radius 3 is 2.96 bits per heavy atom. The zero-order chi connectivity index (χ0) is 18.1. The van der Waals surface area contributed by atoms with E-state index in [-0.39, 0.29) is 5.60 Å². The summed E-state index contributed by atoms with van der Waals surface area (Å²) in [4.78, 5) is 16.2. The van der Waals surface area contributed by atoms with Crippen molar-refractivity contribution in [1.82, 2.24) is 15.0 Å². The van der Waals surface area contributed by atoms with Crippen LogP contribution in [0.3, 0.4) is 0 Å². The van der Waals surface area contributed by atoms with Gasteiger partial charge in [-0.15, -0.1) is 11.3 Å². The fourth-order valence-electron chi connectivity index (χ4n) is 3.18. The van der Waals surface area contributed by atoms with E-state index in [1.165, 1.54) is 10.4 Å². The van der Waals surface area contributed by atoms with E-state index in [0.29, 0.717) is 13.2 Å². The van der Waals surface area contributed by atoms with Crippen molar-refractivity contribution in [2.45, 2.75) is 50.6 Å². The number of thioether (sulfide) groups is 1. The van der Waals surface area contributed by atoms with Crippen LogP contribution in [-0.2, 0) is 24.3 Å². The van der Waals surface area contributed by atoms with Crippen molar-refractivity contribution in [2.75, 3.05) is 11.6 Å². The highest BCUT2D eigenvalue weighted by Gasteiger charge is 2.33. The lowest BCUT2D eigenvalue weighted by atomic mass is 9.90. The summed E-state index contributed by atoms with van der Waals surface area (Å²) in [6.07, 6.45) is 5.72. The molecule has 136 valence electrons. The van der Waals surface area contributed by atoms with Crippen molar-refractivity contribution in [2.24, 2.45) is 0 Å². The van der Waals surface area contributed by atoms with Crippen molar-refractivity contribution >= 4 is 39.1 Å². The maximum absolute atomic E-state index is 6.12. The molecule has 0 spiro atoms. The quantitative estimate of drug-likeness (QED) is 0.508. The topological polar surface area (TPSA) is 59.9 Å². The van der Waals surface area contributed by atoms with Crippen LogP contribution in [0, 0.1) is 0 Å². The molecule has 1 atom stereocenters. The minimum absolute atomic E-state index is 0.114. The SMILES string of the molecule is CCC1(C)Cc2c(sc3nc(SC)nc(NCc4ccccn4)c23)CO1. The monoisotopic (exact) mass is 386 g/mol. The Hall–Kier alpha value is -1.70. The third-order valence-corrected chi connectivity index (χ3v) is 6.56. The number of hydrogen-bond donors (Lipinski definition) is 1. The zero-order valence-corrected chi connectivity index (χ0v) is 16.8. The first-order valence-electron chi connectivity index (χ1n) is 8.76. The smallest absolute Gasteiger partial charge is 0.190 e. The first-order valence-corrected chi connectivity index (χ1v) is 10.8. The average molecular weight is 387 g/mol. The van der Waals surface area contributed by atoms with Gasteiger partial charge in [-0.25, -0.2) is 9.97 Å². The van der Waals surface area contributed by atoms with E-state index in [9.17, 15) is 0 Å². The van der Waals surface area contributed by atoms with Gasteiger partial charge in [0, 0.05) is 17.5 Å². The van der Waals surface area contributed by atoms with Gasteiger partial charge in [0.25, 0.3) is 0 Å². The summed E-state index contributed by atoms with van der Waals surface area (Å²) in [5.74, 6) is 0.905. The van der Waals surface area contributed by atoms with E-state index < -0.39 is 0 Å². The van der Waals surface area contributed by atoms with Gasteiger partial charge in [-0.2, -0.15) is 0 Å². The third kappa shape index (κ3) is 3.31. The van der Waals surface area contributed by atoms with Crippen LogP contribution in [0.15, 0.2) is 29.6 Å². The molecule has 0 amide bonds. The fourth-order valence-corrected chi connectivity index (χ4v) is 4.70. The molecule has 0 radical (unpaired) electrons. The molecule has 0 fully saturated rings. The van der Waals surface area contributed by atoms with Crippen LogP contribution in [0.25, 0.3) is 10.2 Å². The number of nitrogens with one attached hydrogen (secondary N) is 1. The molecule has 0 saturated heterocycles. The lowest BCUT2D eigenvalue weighted by molar-refractivity contribution is -0.0542. The van der Waals surface area contributed by atoms with E-state index in [4.69, 9.17) is 14.7 Å². The van der Waals surface area contributed by atoms with Crippen LogP contribution >= 0.6 is 23.1 Å². The Balaban J connectivity index is 1.76. The first kappa shape index (κ1) is 17.7. The van der Waals surface area contributed by atoms with Gasteiger partial charge in [-0.1, -0.05) is 24.8 Å². The highest BCUT2D eigenvalue weighted by atomic mass is 32.2. The summed E-state index contributed by atoms with van der Waals surface area (Å²) >= 11 is 3.30. The van der Waals surface area contributed by atoms with Crippen molar-refractivity contribution in [3.05, 3.63) is 40.5 Å². The summed E-state index contributed by atoms with van der Waals surface area (Å²) in [5.41, 5.74) is 2.23. The number of aromatic nitrogens is 3. The predicted molar refractivity (Wildman–Crippen MR) is 108 cm³/mol. The molecule has 4 heterocycles. The number of anilines is 1. The minimum Gasteiger partial charge on any atom is -0.369 e. The minimum atomic E-state index is -0.114.